The standard InChI is InChI=1S/C30H32N4O4S/c1-4-38-29(37)26-27(22-10-6-5-7-11-22)31-30-34(28(26)23-12-8-9-20(2)17-23)24(19-39-30)18-25(36)33-15-13-32(14-16-33)21(3)35/h5-12,17,19,28H,4,13-16,18H2,1-3H3. The number of ether oxygens (including phenoxy) is 1. The fourth-order valence-corrected chi connectivity index (χ4v) is 6.10. The number of hydrogen-bond acceptors (Lipinski definition) is 7. The third kappa shape index (κ3) is 5.49. The molecule has 39 heavy (non-hydrogen) atoms. The number of esters is 1. The summed E-state index contributed by atoms with van der Waals surface area (Å²) < 4.78 is 5.58. The van der Waals surface area contributed by atoms with E-state index >= 15 is 0 Å². The summed E-state index contributed by atoms with van der Waals surface area (Å²) in [5, 5.41) is 2.68. The predicted octanol–water partition coefficient (Wildman–Crippen LogP) is 4.35. The molecule has 202 valence electrons. The van der Waals surface area contributed by atoms with Crippen LogP contribution in [0.2, 0.25) is 0 Å². The molecule has 3 aliphatic heterocycles. The van der Waals surface area contributed by atoms with Crippen molar-refractivity contribution < 1.29 is 19.1 Å². The number of amides is 2. The lowest BCUT2D eigenvalue weighted by atomic mass is 9.90. The average Bonchev–Trinajstić information content (AvgIpc) is 3.34. The molecule has 0 N–H and O–H groups in total. The Hall–Kier alpha value is -3.85. The number of thioether (sulfide) groups is 1. The molecule has 0 saturated carbocycles. The second-order valence-corrected chi connectivity index (χ2v) is 10.6. The van der Waals surface area contributed by atoms with Crippen LogP contribution in [0.1, 0.15) is 43.0 Å². The Morgan fingerprint density at radius 1 is 1.00 bits per heavy atom. The van der Waals surface area contributed by atoms with Crippen molar-refractivity contribution in [2.75, 3.05) is 32.8 Å². The molecule has 2 amide bonds. The van der Waals surface area contributed by atoms with E-state index in [0.29, 0.717) is 37.4 Å². The molecule has 1 unspecified atom stereocenters. The zero-order chi connectivity index (χ0) is 27.5. The highest BCUT2D eigenvalue weighted by molar-refractivity contribution is 8.16. The maximum Gasteiger partial charge on any atom is 0.338 e. The number of amidine groups is 1. The van der Waals surface area contributed by atoms with Crippen LogP contribution in [0.3, 0.4) is 0 Å². The van der Waals surface area contributed by atoms with E-state index < -0.39 is 12.0 Å². The molecule has 2 aromatic rings. The van der Waals surface area contributed by atoms with Gasteiger partial charge in [0.2, 0.25) is 11.8 Å². The number of rotatable bonds is 6. The molecule has 9 heteroatoms. The first-order valence-electron chi connectivity index (χ1n) is 13.2. The van der Waals surface area contributed by atoms with Crippen molar-refractivity contribution in [2.45, 2.75) is 33.2 Å². The normalized spacial score (nSPS) is 18.9. The van der Waals surface area contributed by atoms with Crippen LogP contribution in [-0.2, 0) is 19.1 Å². The number of carbonyl (C=O) groups excluding carboxylic acids is 3. The number of benzene rings is 2. The first-order chi connectivity index (χ1) is 18.9. The molecular weight excluding hydrogens is 512 g/mol. The molecule has 5 rings (SSSR count). The Balaban J connectivity index is 1.53. The third-order valence-corrected chi connectivity index (χ3v) is 8.01. The topological polar surface area (TPSA) is 82.5 Å². The van der Waals surface area contributed by atoms with Gasteiger partial charge in [0, 0.05) is 44.4 Å². The number of fused-ring (bicyclic) bond motifs is 1. The third-order valence-electron chi connectivity index (χ3n) is 7.12. The van der Waals surface area contributed by atoms with Crippen molar-refractivity contribution in [2.24, 2.45) is 4.99 Å². The summed E-state index contributed by atoms with van der Waals surface area (Å²) in [5.74, 6) is -0.405. The summed E-state index contributed by atoms with van der Waals surface area (Å²) in [5.41, 5.74) is 4.65. The number of nitrogens with zero attached hydrogens (tertiary/aromatic N) is 4. The summed E-state index contributed by atoms with van der Waals surface area (Å²) in [6.07, 6.45) is 0.172. The molecule has 0 aliphatic carbocycles. The van der Waals surface area contributed by atoms with Gasteiger partial charge in [0.15, 0.2) is 5.17 Å². The van der Waals surface area contributed by atoms with Crippen molar-refractivity contribution in [3.05, 3.63) is 88.0 Å². The molecule has 8 nitrogen and oxygen atoms in total. The van der Waals surface area contributed by atoms with Crippen LogP contribution in [-0.4, -0.2) is 70.4 Å². The van der Waals surface area contributed by atoms with Gasteiger partial charge in [-0.05, 0) is 24.8 Å². The molecule has 0 aromatic heterocycles. The monoisotopic (exact) mass is 544 g/mol. The van der Waals surface area contributed by atoms with Crippen molar-refractivity contribution in [1.82, 2.24) is 14.7 Å². The van der Waals surface area contributed by atoms with E-state index in [0.717, 1.165) is 27.6 Å². The minimum Gasteiger partial charge on any atom is -0.463 e. The van der Waals surface area contributed by atoms with Gasteiger partial charge in [-0.25, -0.2) is 9.79 Å². The Bertz CT molecular complexity index is 1380. The molecular formula is C30H32N4O4S. The Labute approximate surface area is 233 Å². The summed E-state index contributed by atoms with van der Waals surface area (Å²) in [6.45, 7) is 7.69. The fraction of sp³-hybridized carbons (Fsp3) is 0.333. The zero-order valence-corrected chi connectivity index (χ0v) is 23.2. The van der Waals surface area contributed by atoms with E-state index in [1.165, 1.54) is 11.8 Å². The average molecular weight is 545 g/mol. The van der Waals surface area contributed by atoms with Crippen LogP contribution in [0.25, 0.3) is 5.70 Å². The van der Waals surface area contributed by atoms with Gasteiger partial charge in [0.25, 0.3) is 0 Å². The smallest absolute Gasteiger partial charge is 0.338 e. The summed E-state index contributed by atoms with van der Waals surface area (Å²) >= 11 is 1.46. The molecule has 0 radical (unpaired) electrons. The van der Waals surface area contributed by atoms with Gasteiger partial charge in [-0.2, -0.15) is 0 Å². The van der Waals surface area contributed by atoms with Gasteiger partial charge in [-0.15, -0.1) is 0 Å². The molecule has 1 fully saturated rings. The highest BCUT2D eigenvalue weighted by Gasteiger charge is 2.42. The Morgan fingerprint density at radius 2 is 1.72 bits per heavy atom. The van der Waals surface area contributed by atoms with Crippen molar-refractivity contribution in [3.63, 3.8) is 0 Å². The first kappa shape index (κ1) is 26.7. The Morgan fingerprint density at radius 3 is 2.38 bits per heavy atom. The summed E-state index contributed by atoms with van der Waals surface area (Å²) in [6, 6.07) is 17.2. The van der Waals surface area contributed by atoms with Crippen LogP contribution in [0, 0.1) is 6.92 Å². The highest BCUT2D eigenvalue weighted by Crippen LogP contribution is 2.47. The second-order valence-electron chi connectivity index (χ2n) is 9.72. The van der Waals surface area contributed by atoms with Gasteiger partial charge in [-0.3, -0.25) is 9.59 Å². The quantitative estimate of drug-likeness (QED) is 0.503. The van der Waals surface area contributed by atoms with Gasteiger partial charge >= 0.3 is 5.97 Å². The molecule has 2 aromatic carbocycles. The lowest BCUT2D eigenvalue weighted by molar-refractivity contribution is -0.139. The second kappa shape index (κ2) is 11.5. The zero-order valence-electron chi connectivity index (χ0n) is 22.4. The predicted molar refractivity (Wildman–Crippen MR) is 152 cm³/mol. The van der Waals surface area contributed by atoms with E-state index in [1.54, 1.807) is 18.7 Å². The summed E-state index contributed by atoms with van der Waals surface area (Å²) in [7, 11) is 0. The lowest BCUT2D eigenvalue weighted by Gasteiger charge is -2.38. The molecule has 3 aliphatic rings. The van der Waals surface area contributed by atoms with Crippen LogP contribution < -0.4 is 0 Å². The molecule has 1 saturated heterocycles. The Kier molecular flexibility index (Phi) is 7.88. The molecule has 3 heterocycles. The SMILES string of the molecule is CCOC(=O)C1=C(c2ccccc2)N=C2SC=C(CC(=O)N3CCN(C(C)=O)CC3)N2C1c1cccc(C)c1. The first-order valence-corrected chi connectivity index (χ1v) is 14.1. The lowest BCUT2D eigenvalue weighted by Crippen LogP contribution is -2.50. The largest absolute Gasteiger partial charge is 0.463 e. The van der Waals surface area contributed by atoms with Gasteiger partial charge in [0.05, 0.1) is 30.3 Å². The molecule has 0 bridgehead atoms. The van der Waals surface area contributed by atoms with Crippen LogP contribution in [0.5, 0.6) is 0 Å². The van der Waals surface area contributed by atoms with Crippen molar-refractivity contribution >= 4 is 40.4 Å². The highest BCUT2D eigenvalue weighted by atomic mass is 32.2. The maximum atomic E-state index is 13.6. The molecule has 1 atom stereocenters. The van der Waals surface area contributed by atoms with Gasteiger partial charge < -0.3 is 19.4 Å². The van der Waals surface area contributed by atoms with Gasteiger partial charge in [0.1, 0.15) is 0 Å². The van der Waals surface area contributed by atoms with E-state index in [1.807, 2.05) is 70.7 Å². The van der Waals surface area contributed by atoms with Gasteiger partial charge in [-0.1, -0.05) is 71.9 Å². The van der Waals surface area contributed by atoms with E-state index in [-0.39, 0.29) is 24.8 Å². The van der Waals surface area contributed by atoms with E-state index in [2.05, 4.69) is 6.07 Å². The van der Waals surface area contributed by atoms with Crippen LogP contribution >= 0.6 is 11.8 Å². The number of hydrogen-bond donors (Lipinski definition) is 0. The number of aliphatic imine (C=N–C) groups is 1. The minimum absolute atomic E-state index is 0.00943. The van der Waals surface area contributed by atoms with Crippen molar-refractivity contribution in [3.8, 4) is 0 Å². The van der Waals surface area contributed by atoms with Crippen LogP contribution in [0.4, 0.5) is 0 Å². The van der Waals surface area contributed by atoms with E-state index in [9.17, 15) is 14.4 Å². The van der Waals surface area contributed by atoms with Crippen molar-refractivity contribution in [1.29, 1.82) is 0 Å². The van der Waals surface area contributed by atoms with Crippen LogP contribution in [0.15, 0.2) is 76.3 Å². The van der Waals surface area contributed by atoms with E-state index in [4.69, 9.17) is 9.73 Å². The number of piperazine rings is 1. The maximum absolute atomic E-state index is 13.6. The summed E-state index contributed by atoms with van der Waals surface area (Å²) in [4.78, 5) is 49.3. The molecule has 0 spiro atoms. The fourth-order valence-electron chi connectivity index (χ4n) is 5.18. The minimum atomic E-state index is -0.504. The number of carbonyl (C=O) groups is 3. The number of aryl methyl sites for hydroxylation is 1.